The lowest BCUT2D eigenvalue weighted by Crippen LogP contribution is -2.01. The van der Waals surface area contributed by atoms with Gasteiger partial charge in [0.2, 0.25) is 0 Å². The topological polar surface area (TPSA) is 56.7 Å². The van der Waals surface area contributed by atoms with Gasteiger partial charge in [-0.2, -0.15) is 0 Å². The van der Waals surface area contributed by atoms with Crippen LogP contribution in [0.15, 0.2) is 30.9 Å². The molecule has 0 spiro atoms. The number of nitrogens with two attached hydrogens (primary N) is 1. The summed E-state index contributed by atoms with van der Waals surface area (Å²) >= 11 is 0. The summed E-state index contributed by atoms with van der Waals surface area (Å²) in [7, 11) is 1.97. The Bertz CT molecular complexity index is 433. The summed E-state index contributed by atoms with van der Waals surface area (Å²) in [6.45, 7) is 0. The third-order valence-corrected chi connectivity index (χ3v) is 2.21. The Morgan fingerprint density at radius 2 is 2.29 bits per heavy atom. The van der Waals surface area contributed by atoms with E-state index in [1.165, 1.54) is 0 Å². The molecule has 0 fully saturated rings. The minimum atomic E-state index is 0.725. The number of rotatable bonds is 2. The van der Waals surface area contributed by atoms with E-state index in [1.54, 1.807) is 24.7 Å². The first kappa shape index (κ1) is 8.74. The van der Waals surface area contributed by atoms with E-state index >= 15 is 0 Å². The van der Waals surface area contributed by atoms with E-state index in [4.69, 9.17) is 5.73 Å². The van der Waals surface area contributed by atoms with Crippen LogP contribution >= 0.6 is 0 Å². The van der Waals surface area contributed by atoms with E-state index in [1.807, 2.05) is 17.8 Å². The maximum Gasteiger partial charge on any atom is 0.112 e. The summed E-state index contributed by atoms with van der Waals surface area (Å²) in [5.74, 6) is 0.990. The molecule has 0 aliphatic carbocycles. The molecule has 14 heavy (non-hydrogen) atoms. The zero-order chi connectivity index (χ0) is 9.97. The number of hydrogen-bond acceptors (Lipinski definition) is 3. The number of pyridine rings is 1. The number of nitrogen functional groups attached to an aromatic ring is 1. The summed E-state index contributed by atoms with van der Waals surface area (Å²) in [6.07, 6.45) is 7.90. The first-order valence-electron chi connectivity index (χ1n) is 4.42. The predicted molar refractivity (Wildman–Crippen MR) is 54.7 cm³/mol. The van der Waals surface area contributed by atoms with Gasteiger partial charge in [0.15, 0.2) is 0 Å². The summed E-state index contributed by atoms with van der Waals surface area (Å²) in [4.78, 5) is 8.27. The van der Waals surface area contributed by atoms with Crippen molar-refractivity contribution in [1.82, 2.24) is 14.5 Å². The Morgan fingerprint density at radius 1 is 1.43 bits per heavy atom. The lowest BCUT2D eigenvalue weighted by Gasteiger charge is -2.04. The minimum absolute atomic E-state index is 0.725. The van der Waals surface area contributed by atoms with Gasteiger partial charge in [0.1, 0.15) is 5.82 Å². The van der Waals surface area contributed by atoms with Gasteiger partial charge in [0, 0.05) is 49.5 Å². The number of nitrogens with zero attached hydrogens (tertiary/aromatic N) is 3. The molecule has 0 unspecified atom stereocenters. The quantitative estimate of drug-likeness (QED) is 0.764. The molecule has 2 rings (SSSR count). The maximum atomic E-state index is 5.81. The van der Waals surface area contributed by atoms with Gasteiger partial charge in [-0.05, 0) is 6.07 Å². The summed E-state index contributed by atoms with van der Waals surface area (Å²) in [5, 5.41) is 0. The standard InChI is InChI=1S/C10H12N4/c1-14-5-4-13-10(14)6-8-7-12-3-2-9(8)11/h2-5,7H,6H2,1H3,(H2,11,12). The highest BCUT2D eigenvalue weighted by Crippen LogP contribution is 2.12. The zero-order valence-electron chi connectivity index (χ0n) is 8.01. The molecule has 0 amide bonds. The Balaban J connectivity index is 2.28. The van der Waals surface area contributed by atoms with Crippen molar-refractivity contribution < 1.29 is 0 Å². The van der Waals surface area contributed by atoms with Crippen LogP contribution in [0.1, 0.15) is 11.4 Å². The highest BCUT2D eigenvalue weighted by molar-refractivity contribution is 5.45. The molecule has 2 heterocycles. The lowest BCUT2D eigenvalue weighted by atomic mass is 10.1. The highest BCUT2D eigenvalue weighted by Gasteiger charge is 2.03. The third kappa shape index (κ3) is 1.59. The fourth-order valence-electron chi connectivity index (χ4n) is 1.32. The molecule has 0 radical (unpaired) electrons. The first-order chi connectivity index (χ1) is 6.77. The van der Waals surface area contributed by atoms with Crippen LogP contribution in [0.3, 0.4) is 0 Å². The molecular weight excluding hydrogens is 176 g/mol. The molecule has 0 aliphatic rings. The Labute approximate surface area is 82.4 Å². The SMILES string of the molecule is Cn1ccnc1Cc1cnccc1N. The zero-order valence-corrected chi connectivity index (χ0v) is 8.01. The molecule has 4 heteroatoms. The van der Waals surface area contributed by atoms with Gasteiger partial charge in [0.25, 0.3) is 0 Å². The Morgan fingerprint density at radius 3 is 2.93 bits per heavy atom. The molecule has 0 bridgehead atoms. The summed E-state index contributed by atoms with van der Waals surface area (Å²) in [5.41, 5.74) is 7.59. The second-order valence-corrected chi connectivity index (χ2v) is 3.21. The van der Waals surface area contributed by atoms with Gasteiger partial charge < -0.3 is 10.3 Å². The normalized spacial score (nSPS) is 10.4. The average Bonchev–Trinajstić information content (AvgIpc) is 2.56. The molecule has 2 aromatic heterocycles. The minimum Gasteiger partial charge on any atom is -0.398 e. The van der Waals surface area contributed by atoms with Crippen molar-refractivity contribution in [1.29, 1.82) is 0 Å². The van der Waals surface area contributed by atoms with Gasteiger partial charge in [0.05, 0.1) is 0 Å². The number of aryl methyl sites for hydroxylation is 1. The number of anilines is 1. The Kier molecular flexibility index (Phi) is 2.18. The number of hydrogen-bond donors (Lipinski definition) is 1. The molecule has 0 atom stereocenters. The number of aromatic nitrogens is 3. The first-order valence-corrected chi connectivity index (χ1v) is 4.42. The van der Waals surface area contributed by atoms with Gasteiger partial charge in [-0.15, -0.1) is 0 Å². The van der Waals surface area contributed by atoms with Crippen LogP contribution in [-0.4, -0.2) is 14.5 Å². The molecule has 0 aliphatic heterocycles. The van der Waals surface area contributed by atoms with Crippen molar-refractivity contribution in [3.05, 3.63) is 42.2 Å². The van der Waals surface area contributed by atoms with Gasteiger partial charge in [-0.1, -0.05) is 0 Å². The molecule has 2 aromatic rings. The average molecular weight is 188 g/mol. The van der Waals surface area contributed by atoms with Crippen molar-refractivity contribution >= 4 is 5.69 Å². The van der Waals surface area contributed by atoms with Gasteiger partial charge >= 0.3 is 0 Å². The van der Waals surface area contributed by atoms with E-state index in [9.17, 15) is 0 Å². The van der Waals surface area contributed by atoms with Crippen molar-refractivity contribution in [3.8, 4) is 0 Å². The van der Waals surface area contributed by atoms with Crippen molar-refractivity contribution in [2.75, 3.05) is 5.73 Å². The van der Waals surface area contributed by atoms with Crippen LogP contribution in [0.25, 0.3) is 0 Å². The molecule has 2 N–H and O–H groups in total. The largest absolute Gasteiger partial charge is 0.398 e. The van der Waals surface area contributed by atoms with Crippen LogP contribution in [0.5, 0.6) is 0 Å². The molecule has 4 nitrogen and oxygen atoms in total. The summed E-state index contributed by atoms with van der Waals surface area (Å²) < 4.78 is 1.98. The fourth-order valence-corrected chi connectivity index (χ4v) is 1.32. The van der Waals surface area contributed by atoms with Crippen LogP contribution < -0.4 is 5.73 Å². The van der Waals surface area contributed by atoms with Crippen molar-refractivity contribution in [3.63, 3.8) is 0 Å². The van der Waals surface area contributed by atoms with Crippen LogP contribution in [0.4, 0.5) is 5.69 Å². The third-order valence-electron chi connectivity index (χ3n) is 2.21. The monoisotopic (exact) mass is 188 g/mol. The fraction of sp³-hybridized carbons (Fsp3) is 0.200. The maximum absolute atomic E-state index is 5.81. The van der Waals surface area contributed by atoms with Gasteiger partial charge in [-0.3, -0.25) is 4.98 Å². The lowest BCUT2D eigenvalue weighted by molar-refractivity contribution is 0.821. The van der Waals surface area contributed by atoms with E-state index in [0.29, 0.717) is 0 Å². The second kappa shape index (κ2) is 3.49. The number of imidazole rings is 1. The second-order valence-electron chi connectivity index (χ2n) is 3.21. The summed E-state index contributed by atoms with van der Waals surface area (Å²) in [6, 6.07) is 1.80. The highest BCUT2D eigenvalue weighted by atomic mass is 15.0. The van der Waals surface area contributed by atoms with Crippen LogP contribution in [0.2, 0.25) is 0 Å². The molecule has 0 saturated carbocycles. The van der Waals surface area contributed by atoms with Gasteiger partial charge in [-0.25, -0.2) is 4.98 Å². The van der Waals surface area contributed by atoms with Crippen molar-refractivity contribution in [2.45, 2.75) is 6.42 Å². The van der Waals surface area contributed by atoms with E-state index in [0.717, 1.165) is 23.5 Å². The molecular formula is C10H12N4. The predicted octanol–water partition coefficient (Wildman–Crippen LogP) is 0.988. The smallest absolute Gasteiger partial charge is 0.112 e. The molecule has 72 valence electrons. The van der Waals surface area contributed by atoms with E-state index < -0.39 is 0 Å². The van der Waals surface area contributed by atoms with Crippen molar-refractivity contribution in [2.24, 2.45) is 7.05 Å². The Hall–Kier alpha value is -1.84. The van der Waals surface area contributed by atoms with E-state index in [2.05, 4.69) is 9.97 Å². The molecule has 0 saturated heterocycles. The van der Waals surface area contributed by atoms with Crippen LogP contribution in [0, 0.1) is 0 Å². The van der Waals surface area contributed by atoms with Crippen LogP contribution in [-0.2, 0) is 13.5 Å². The van der Waals surface area contributed by atoms with E-state index in [-0.39, 0.29) is 0 Å². The molecule has 0 aromatic carbocycles.